The molecule has 0 fully saturated rings. The predicted molar refractivity (Wildman–Crippen MR) is 78.4 cm³/mol. The zero-order valence-electron chi connectivity index (χ0n) is 11.9. The van der Waals surface area contributed by atoms with Gasteiger partial charge in [0.2, 0.25) is 0 Å². The molecular weight excluding hydrogens is 276 g/mol. The Labute approximate surface area is 120 Å². The Balaban J connectivity index is 2.05. The molecule has 6 heteroatoms. The molecule has 1 aliphatic rings. The van der Waals surface area contributed by atoms with E-state index in [9.17, 15) is 13.5 Å². The summed E-state index contributed by atoms with van der Waals surface area (Å²) in [5.41, 5.74) is 2.28. The molecular formula is C14H22N2O3S. The maximum absolute atomic E-state index is 12.3. The Morgan fingerprint density at radius 3 is 2.60 bits per heavy atom. The van der Waals surface area contributed by atoms with Crippen molar-refractivity contribution in [2.75, 3.05) is 6.54 Å². The van der Waals surface area contributed by atoms with Gasteiger partial charge in [-0.15, -0.1) is 0 Å². The smallest absolute Gasteiger partial charge is 0.280 e. The zero-order chi connectivity index (χ0) is 14.8. The quantitative estimate of drug-likeness (QED) is 0.853. The fourth-order valence-electron chi connectivity index (χ4n) is 2.56. The van der Waals surface area contributed by atoms with Crippen molar-refractivity contribution in [2.45, 2.75) is 45.4 Å². The lowest BCUT2D eigenvalue weighted by atomic mass is 10.0. The first-order valence-electron chi connectivity index (χ1n) is 6.91. The normalized spacial score (nSPS) is 19.4. The number of nitrogens with zero attached hydrogens (tertiary/aromatic N) is 1. The third-order valence-corrected chi connectivity index (χ3v) is 5.17. The number of nitrogens with one attached hydrogen (secondary N) is 1. The summed E-state index contributed by atoms with van der Waals surface area (Å²) in [4.78, 5) is 0. The average molecular weight is 298 g/mol. The summed E-state index contributed by atoms with van der Waals surface area (Å²) in [6, 6.07) is 7.64. The van der Waals surface area contributed by atoms with Gasteiger partial charge in [-0.05, 0) is 37.8 Å². The Hall–Kier alpha value is -0.950. The van der Waals surface area contributed by atoms with Crippen molar-refractivity contribution in [3.05, 3.63) is 35.4 Å². The van der Waals surface area contributed by atoms with Crippen molar-refractivity contribution in [1.82, 2.24) is 9.03 Å². The number of benzene rings is 1. The lowest BCUT2D eigenvalue weighted by Crippen LogP contribution is -2.46. The second kappa shape index (κ2) is 6.22. The van der Waals surface area contributed by atoms with Gasteiger partial charge in [0, 0.05) is 19.1 Å². The molecule has 0 aromatic heterocycles. The minimum atomic E-state index is -3.50. The largest absolute Gasteiger partial charge is 0.393 e. The van der Waals surface area contributed by atoms with Crippen molar-refractivity contribution in [3.63, 3.8) is 0 Å². The number of hydrogen-bond donors (Lipinski definition) is 2. The highest BCUT2D eigenvalue weighted by Crippen LogP contribution is 2.20. The van der Waals surface area contributed by atoms with Gasteiger partial charge < -0.3 is 5.11 Å². The zero-order valence-corrected chi connectivity index (χ0v) is 12.7. The van der Waals surface area contributed by atoms with Gasteiger partial charge in [-0.3, -0.25) is 0 Å². The van der Waals surface area contributed by atoms with Crippen LogP contribution in [0.25, 0.3) is 0 Å². The van der Waals surface area contributed by atoms with Gasteiger partial charge in [0.15, 0.2) is 0 Å². The molecule has 1 heterocycles. The van der Waals surface area contributed by atoms with Gasteiger partial charge in [0.05, 0.1) is 6.10 Å². The molecule has 20 heavy (non-hydrogen) atoms. The lowest BCUT2D eigenvalue weighted by molar-refractivity contribution is 0.174. The van der Waals surface area contributed by atoms with E-state index in [0.717, 1.165) is 12.0 Å². The summed E-state index contributed by atoms with van der Waals surface area (Å²) in [6.45, 7) is 4.32. The topological polar surface area (TPSA) is 69.6 Å². The molecule has 2 rings (SSSR count). The van der Waals surface area contributed by atoms with E-state index in [2.05, 4.69) is 4.72 Å². The van der Waals surface area contributed by atoms with Crippen LogP contribution in [0.4, 0.5) is 0 Å². The fraction of sp³-hybridized carbons (Fsp3) is 0.571. The molecule has 2 atom stereocenters. The van der Waals surface area contributed by atoms with Crippen molar-refractivity contribution in [3.8, 4) is 0 Å². The van der Waals surface area contributed by atoms with Crippen LogP contribution in [0.15, 0.2) is 24.3 Å². The third-order valence-electron chi connectivity index (χ3n) is 3.48. The first-order chi connectivity index (χ1) is 9.38. The molecule has 0 spiro atoms. The van der Waals surface area contributed by atoms with Gasteiger partial charge in [-0.2, -0.15) is 17.4 Å². The van der Waals surface area contributed by atoms with Gasteiger partial charge in [0.1, 0.15) is 0 Å². The molecule has 0 bridgehead atoms. The Morgan fingerprint density at radius 2 is 1.95 bits per heavy atom. The molecule has 2 unspecified atom stereocenters. The van der Waals surface area contributed by atoms with Crippen molar-refractivity contribution < 1.29 is 13.5 Å². The monoisotopic (exact) mass is 298 g/mol. The van der Waals surface area contributed by atoms with Crippen LogP contribution in [0.5, 0.6) is 0 Å². The van der Waals surface area contributed by atoms with Crippen LogP contribution in [0.2, 0.25) is 0 Å². The van der Waals surface area contributed by atoms with E-state index in [1.54, 1.807) is 13.8 Å². The van der Waals surface area contributed by atoms with E-state index < -0.39 is 16.3 Å². The summed E-state index contributed by atoms with van der Waals surface area (Å²) in [5.74, 6) is 0. The first-order valence-corrected chi connectivity index (χ1v) is 8.35. The predicted octanol–water partition coefficient (Wildman–Crippen LogP) is 1.04. The van der Waals surface area contributed by atoms with Crippen LogP contribution >= 0.6 is 0 Å². The van der Waals surface area contributed by atoms with E-state index in [4.69, 9.17) is 0 Å². The minimum Gasteiger partial charge on any atom is -0.393 e. The molecule has 5 nitrogen and oxygen atoms in total. The Bertz CT molecular complexity index is 557. The van der Waals surface area contributed by atoms with Crippen molar-refractivity contribution in [1.29, 1.82) is 0 Å². The molecule has 2 N–H and O–H groups in total. The Kier molecular flexibility index (Phi) is 4.80. The SMILES string of the molecule is CC(O)CC(C)NS(=O)(=O)N1CCc2ccccc2C1. The van der Waals surface area contributed by atoms with E-state index in [1.165, 1.54) is 9.87 Å². The third kappa shape index (κ3) is 3.79. The van der Waals surface area contributed by atoms with Crippen molar-refractivity contribution >= 4 is 10.2 Å². The maximum atomic E-state index is 12.3. The van der Waals surface area contributed by atoms with Crippen LogP contribution in [0, 0.1) is 0 Å². The molecule has 0 radical (unpaired) electrons. The van der Waals surface area contributed by atoms with Crippen LogP contribution in [0.1, 0.15) is 31.4 Å². The van der Waals surface area contributed by atoms with Crippen LogP contribution in [-0.4, -0.2) is 36.5 Å². The molecule has 1 aliphatic heterocycles. The molecule has 0 aliphatic carbocycles. The van der Waals surface area contributed by atoms with E-state index in [0.29, 0.717) is 19.5 Å². The summed E-state index contributed by atoms with van der Waals surface area (Å²) in [6.07, 6.45) is 0.626. The molecule has 112 valence electrons. The highest BCUT2D eigenvalue weighted by Gasteiger charge is 2.27. The maximum Gasteiger partial charge on any atom is 0.280 e. The summed E-state index contributed by atoms with van der Waals surface area (Å²) < 4.78 is 28.7. The van der Waals surface area contributed by atoms with Gasteiger partial charge >= 0.3 is 0 Å². The van der Waals surface area contributed by atoms with Gasteiger partial charge in [-0.25, -0.2) is 0 Å². The number of rotatable bonds is 5. The summed E-state index contributed by atoms with van der Waals surface area (Å²) in [5, 5.41) is 9.31. The van der Waals surface area contributed by atoms with Crippen LogP contribution < -0.4 is 4.72 Å². The lowest BCUT2D eigenvalue weighted by Gasteiger charge is -2.29. The van der Waals surface area contributed by atoms with Crippen LogP contribution in [0.3, 0.4) is 0 Å². The molecule has 1 aromatic carbocycles. The number of aliphatic hydroxyl groups excluding tert-OH is 1. The average Bonchev–Trinajstić information content (AvgIpc) is 2.36. The van der Waals surface area contributed by atoms with Gasteiger partial charge in [0.25, 0.3) is 10.2 Å². The van der Waals surface area contributed by atoms with E-state index in [-0.39, 0.29) is 6.04 Å². The van der Waals surface area contributed by atoms with Crippen LogP contribution in [-0.2, 0) is 23.2 Å². The second-order valence-corrected chi connectivity index (χ2v) is 7.16. The van der Waals surface area contributed by atoms with Crippen molar-refractivity contribution in [2.24, 2.45) is 0 Å². The summed E-state index contributed by atoms with van der Waals surface area (Å²) >= 11 is 0. The molecule has 0 saturated carbocycles. The standard InChI is InChI=1S/C14H22N2O3S/c1-11(9-12(2)17)15-20(18,19)16-8-7-13-5-3-4-6-14(13)10-16/h3-6,11-12,15,17H,7-10H2,1-2H3. The minimum absolute atomic E-state index is 0.280. The van der Waals surface area contributed by atoms with Gasteiger partial charge in [-0.1, -0.05) is 24.3 Å². The number of hydrogen-bond acceptors (Lipinski definition) is 3. The number of aliphatic hydroxyl groups is 1. The summed E-state index contributed by atoms with van der Waals surface area (Å²) in [7, 11) is -3.50. The molecule has 0 amide bonds. The Morgan fingerprint density at radius 1 is 1.30 bits per heavy atom. The van der Waals surface area contributed by atoms with E-state index in [1.807, 2.05) is 24.3 Å². The molecule has 0 saturated heterocycles. The van der Waals surface area contributed by atoms with E-state index >= 15 is 0 Å². The second-order valence-electron chi connectivity index (χ2n) is 5.46. The first kappa shape index (κ1) is 15.4. The number of fused-ring (bicyclic) bond motifs is 1. The highest BCUT2D eigenvalue weighted by atomic mass is 32.2. The highest BCUT2D eigenvalue weighted by molar-refractivity contribution is 7.87. The molecule has 1 aromatic rings. The fourth-order valence-corrected chi connectivity index (χ4v) is 3.96.